The summed E-state index contributed by atoms with van der Waals surface area (Å²) in [6.45, 7) is -0.358. The Morgan fingerprint density at radius 2 is 1.67 bits per heavy atom. The summed E-state index contributed by atoms with van der Waals surface area (Å²) in [5.41, 5.74) is 0. The van der Waals surface area contributed by atoms with Crippen molar-refractivity contribution in [1.82, 2.24) is 5.06 Å². The van der Waals surface area contributed by atoms with Crippen molar-refractivity contribution in [3.05, 3.63) is 48.5 Å². The van der Waals surface area contributed by atoms with Gasteiger partial charge in [-0.15, -0.1) is 13.2 Å². The highest BCUT2D eigenvalue weighted by molar-refractivity contribution is 7.92. The van der Waals surface area contributed by atoms with E-state index in [0.717, 1.165) is 24.3 Å². The fourth-order valence-electron chi connectivity index (χ4n) is 2.52. The molecule has 0 saturated heterocycles. The van der Waals surface area contributed by atoms with Crippen LogP contribution in [0.5, 0.6) is 17.2 Å². The molecule has 1 unspecified atom stereocenters. The number of carbonyl (C=O) groups is 1. The summed E-state index contributed by atoms with van der Waals surface area (Å²) in [7, 11) is -4.33. The average Bonchev–Trinajstić information content (AvgIpc) is 2.68. The molecule has 30 heavy (non-hydrogen) atoms. The molecule has 2 aromatic rings. The van der Waals surface area contributed by atoms with E-state index in [2.05, 4.69) is 4.74 Å². The van der Waals surface area contributed by atoms with E-state index in [1.165, 1.54) is 24.3 Å². The van der Waals surface area contributed by atoms with Gasteiger partial charge in [0.15, 0.2) is 5.37 Å². The molecule has 0 aromatic heterocycles. The molecule has 0 radical (unpaired) electrons. The number of halogens is 3. The summed E-state index contributed by atoms with van der Waals surface area (Å²) in [5.74, 6) is -0.632. The first-order chi connectivity index (χ1) is 14.1. The number of hydrogen-bond acceptors (Lipinski definition) is 7. The van der Waals surface area contributed by atoms with Crippen molar-refractivity contribution in [1.29, 1.82) is 0 Å². The lowest BCUT2D eigenvalue weighted by atomic mass is 10.3. The van der Waals surface area contributed by atoms with Crippen molar-refractivity contribution in [3.63, 3.8) is 0 Å². The number of benzene rings is 2. The number of nitrogens with zero attached hydrogens (tertiary/aromatic N) is 1. The summed E-state index contributed by atoms with van der Waals surface area (Å²) in [6, 6.07) is 9.64. The minimum absolute atomic E-state index is 0.00150. The van der Waals surface area contributed by atoms with Crippen molar-refractivity contribution in [2.75, 3.05) is 6.61 Å². The number of aliphatic hydroxyl groups is 1. The monoisotopic (exact) mass is 449 g/mol. The predicted octanol–water partition coefficient (Wildman–Crippen LogP) is 3.10. The van der Waals surface area contributed by atoms with Gasteiger partial charge in [-0.3, -0.25) is 10.0 Å². The number of ether oxygens (including phenoxy) is 2. The molecule has 0 aliphatic rings. The van der Waals surface area contributed by atoms with E-state index in [0.29, 0.717) is 0 Å². The highest BCUT2D eigenvalue weighted by Gasteiger charge is 2.34. The summed E-state index contributed by atoms with van der Waals surface area (Å²) < 4.78 is 72.0. The van der Waals surface area contributed by atoms with Gasteiger partial charge in [-0.05, 0) is 49.2 Å². The van der Waals surface area contributed by atoms with Gasteiger partial charge in [0.2, 0.25) is 16.2 Å². The van der Waals surface area contributed by atoms with E-state index < -0.39 is 27.3 Å². The lowest BCUT2D eigenvalue weighted by Crippen LogP contribution is -2.38. The Labute approximate surface area is 169 Å². The van der Waals surface area contributed by atoms with Crippen molar-refractivity contribution >= 4 is 16.2 Å². The number of sulfone groups is 1. The maximum atomic E-state index is 13.0. The fourth-order valence-corrected chi connectivity index (χ4v) is 4.28. The van der Waals surface area contributed by atoms with Gasteiger partial charge >= 0.3 is 6.36 Å². The Hall–Kier alpha value is -2.83. The second-order valence-corrected chi connectivity index (χ2v) is 7.99. The SMILES string of the molecule is O=CN(O)C(CCCO)S(=O)(=O)c1ccccc1Oc1ccc(OC(F)(F)F)cc1. The van der Waals surface area contributed by atoms with Gasteiger partial charge in [-0.25, -0.2) is 13.5 Å². The van der Waals surface area contributed by atoms with Crippen LogP contribution < -0.4 is 9.47 Å². The van der Waals surface area contributed by atoms with Crippen LogP contribution in [0.2, 0.25) is 0 Å². The van der Waals surface area contributed by atoms with Gasteiger partial charge < -0.3 is 14.6 Å². The number of para-hydroxylation sites is 1. The second kappa shape index (κ2) is 9.78. The van der Waals surface area contributed by atoms with E-state index in [-0.39, 0.29) is 47.3 Å². The number of carbonyl (C=O) groups excluding carboxylic acids is 1. The molecule has 1 amide bonds. The lowest BCUT2D eigenvalue weighted by Gasteiger charge is -2.23. The highest BCUT2D eigenvalue weighted by Crippen LogP contribution is 2.33. The Kier molecular flexibility index (Phi) is 7.65. The Morgan fingerprint density at radius 3 is 2.23 bits per heavy atom. The first-order valence-corrected chi connectivity index (χ1v) is 10.0. The number of alkyl halides is 3. The molecule has 1 atom stereocenters. The zero-order valence-electron chi connectivity index (χ0n) is 15.3. The van der Waals surface area contributed by atoms with Crippen LogP contribution in [0.25, 0.3) is 0 Å². The molecule has 0 aliphatic carbocycles. The average molecular weight is 449 g/mol. The molecule has 0 aliphatic heterocycles. The van der Waals surface area contributed by atoms with Gasteiger partial charge in [0.1, 0.15) is 22.1 Å². The van der Waals surface area contributed by atoms with E-state index >= 15 is 0 Å². The first kappa shape index (κ1) is 23.4. The molecule has 12 heteroatoms. The van der Waals surface area contributed by atoms with Gasteiger partial charge in [0.05, 0.1) is 0 Å². The number of hydroxylamine groups is 2. The Morgan fingerprint density at radius 1 is 1.07 bits per heavy atom. The van der Waals surface area contributed by atoms with Gasteiger partial charge in [-0.2, -0.15) is 0 Å². The number of rotatable bonds is 10. The van der Waals surface area contributed by atoms with Crippen LogP contribution >= 0.6 is 0 Å². The largest absolute Gasteiger partial charge is 0.573 e. The summed E-state index contributed by atoms with van der Waals surface area (Å²) in [4.78, 5) is 10.6. The normalized spacial score (nSPS) is 12.8. The van der Waals surface area contributed by atoms with Crippen molar-refractivity contribution in [2.45, 2.75) is 29.5 Å². The Bertz CT molecular complexity index is 949. The fraction of sp³-hybridized carbons (Fsp3) is 0.278. The molecule has 0 fully saturated rings. The zero-order valence-corrected chi connectivity index (χ0v) is 16.1. The molecule has 0 spiro atoms. The van der Waals surface area contributed by atoms with Gasteiger partial charge in [0.25, 0.3) is 0 Å². The van der Waals surface area contributed by atoms with Gasteiger partial charge in [0, 0.05) is 6.61 Å². The minimum Gasteiger partial charge on any atom is -0.456 e. The maximum Gasteiger partial charge on any atom is 0.573 e. The summed E-state index contributed by atoms with van der Waals surface area (Å²) in [5, 5.41) is 17.0. The lowest BCUT2D eigenvalue weighted by molar-refractivity contribution is -0.274. The molecule has 2 aromatic carbocycles. The molecule has 2 rings (SSSR count). The van der Waals surface area contributed by atoms with E-state index in [9.17, 15) is 31.6 Å². The summed E-state index contributed by atoms with van der Waals surface area (Å²) >= 11 is 0. The van der Waals surface area contributed by atoms with Crippen LogP contribution in [0.4, 0.5) is 13.2 Å². The van der Waals surface area contributed by atoms with Crippen LogP contribution in [0.15, 0.2) is 53.4 Å². The molecular formula is C18H18F3NO7S. The van der Waals surface area contributed by atoms with Gasteiger partial charge in [-0.1, -0.05) is 12.1 Å². The minimum atomic E-state index is -4.86. The van der Waals surface area contributed by atoms with E-state index in [4.69, 9.17) is 9.84 Å². The van der Waals surface area contributed by atoms with Crippen LogP contribution in [0.1, 0.15) is 12.8 Å². The maximum absolute atomic E-state index is 13.0. The first-order valence-electron chi connectivity index (χ1n) is 8.48. The number of aliphatic hydroxyl groups excluding tert-OH is 1. The number of amides is 1. The van der Waals surface area contributed by atoms with E-state index in [1.807, 2.05) is 0 Å². The molecule has 0 heterocycles. The zero-order chi connectivity index (χ0) is 22.4. The summed E-state index contributed by atoms with van der Waals surface area (Å²) in [6.07, 6.45) is -5.17. The second-order valence-electron chi connectivity index (χ2n) is 5.92. The van der Waals surface area contributed by atoms with Crippen LogP contribution in [0, 0.1) is 0 Å². The van der Waals surface area contributed by atoms with E-state index in [1.54, 1.807) is 0 Å². The van der Waals surface area contributed by atoms with Crippen molar-refractivity contribution < 1.29 is 46.2 Å². The van der Waals surface area contributed by atoms with Crippen LogP contribution in [0.3, 0.4) is 0 Å². The number of hydrogen-bond donors (Lipinski definition) is 2. The van der Waals surface area contributed by atoms with Crippen molar-refractivity contribution in [3.8, 4) is 17.2 Å². The highest BCUT2D eigenvalue weighted by atomic mass is 32.2. The molecule has 0 bridgehead atoms. The molecular weight excluding hydrogens is 431 g/mol. The molecule has 2 N–H and O–H groups in total. The quantitative estimate of drug-likeness (QED) is 0.326. The third kappa shape index (κ3) is 6.08. The third-order valence-electron chi connectivity index (χ3n) is 3.81. The van der Waals surface area contributed by atoms with Crippen molar-refractivity contribution in [2.24, 2.45) is 0 Å². The smallest absolute Gasteiger partial charge is 0.456 e. The Balaban J connectivity index is 2.33. The van der Waals surface area contributed by atoms with Crippen LogP contribution in [-0.4, -0.2) is 48.5 Å². The predicted molar refractivity (Wildman–Crippen MR) is 96.6 cm³/mol. The third-order valence-corrected chi connectivity index (χ3v) is 5.93. The molecule has 8 nitrogen and oxygen atoms in total. The van der Waals surface area contributed by atoms with Crippen LogP contribution in [-0.2, 0) is 14.6 Å². The molecule has 0 saturated carbocycles. The molecule has 164 valence electrons. The topological polar surface area (TPSA) is 113 Å². The standard InChI is InChI=1S/C18H18F3NO7S/c19-18(20,21)29-14-9-7-13(8-10-14)28-15-4-1-2-5-16(15)30(26,27)17(6-3-11-23)22(25)12-24/h1-2,4-5,7-10,12,17,23,25H,3,6,11H2.